The lowest BCUT2D eigenvalue weighted by atomic mass is 10.0. The summed E-state index contributed by atoms with van der Waals surface area (Å²) in [6, 6.07) is -0.801. The molecule has 0 aromatic carbocycles. The number of hydrogen-bond acceptors (Lipinski definition) is 6. The number of aliphatic hydroxyl groups excluding tert-OH is 1. The number of unbranched alkanes of at least 4 members (excludes halogenated alkanes) is 40. The number of likely N-dealkylation sites (N-methyl/N-ethyl adjacent to an activating group) is 1. The van der Waals surface area contributed by atoms with Crippen LogP contribution in [0.3, 0.4) is 0 Å². The van der Waals surface area contributed by atoms with Gasteiger partial charge in [-0.05, 0) is 44.9 Å². The van der Waals surface area contributed by atoms with E-state index in [2.05, 4.69) is 43.5 Å². The van der Waals surface area contributed by atoms with Crippen LogP contribution in [0.1, 0.15) is 309 Å². The fraction of sp³-hybridized carbons (Fsp3) is 0.918. The number of quaternary nitrogens is 1. The molecule has 3 atom stereocenters. The molecule has 0 radical (unpaired) electrons. The number of carbonyl (C=O) groups is 1. The highest BCUT2D eigenvalue weighted by atomic mass is 31.2. The van der Waals surface area contributed by atoms with Crippen LogP contribution in [0.5, 0.6) is 0 Å². The highest BCUT2D eigenvalue weighted by molar-refractivity contribution is 7.45. The molecule has 0 rings (SSSR count). The molecule has 0 aromatic rings. The van der Waals surface area contributed by atoms with Gasteiger partial charge in [-0.2, -0.15) is 0 Å². The summed E-state index contributed by atoms with van der Waals surface area (Å²) < 4.78 is 23.5. The minimum Gasteiger partial charge on any atom is -0.756 e. The van der Waals surface area contributed by atoms with E-state index in [1.165, 1.54) is 238 Å². The topological polar surface area (TPSA) is 108 Å². The predicted octanol–water partition coefficient (Wildman–Crippen LogP) is 18.1. The molecule has 70 heavy (non-hydrogen) atoms. The summed E-state index contributed by atoms with van der Waals surface area (Å²) in [5, 5.41) is 14.1. The van der Waals surface area contributed by atoms with Crippen LogP contribution >= 0.6 is 7.82 Å². The van der Waals surface area contributed by atoms with E-state index in [0.717, 1.165) is 44.9 Å². The van der Waals surface area contributed by atoms with Crippen molar-refractivity contribution in [1.29, 1.82) is 0 Å². The minimum atomic E-state index is -4.57. The molecule has 9 heteroatoms. The zero-order valence-electron chi connectivity index (χ0n) is 47.5. The Bertz CT molecular complexity index is 1190. The van der Waals surface area contributed by atoms with Gasteiger partial charge in [0.2, 0.25) is 5.91 Å². The van der Waals surface area contributed by atoms with Gasteiger partial charge in [0.05, 0.1) is 39.9 Å². The maximum atomic E-state index is 13.0. The Kier molecular flexibility index (Phi) is 52.1. The lowest BCUT2D eigenvalue weighted by Gasteiger charge is -2.30. The van der Waals surface area contributed by atoms with Gasteiger partial charge >= 0.3 is 0 Å². The van der Waals surface area contributed by atoms with Crippen molar-refractivity contribution in [2.45, 2.75) is 321 Å². The number of hydrogen-bond donors (Lipinski definition) is 2. The molecule has 3 unspecified atom stereocenters. The van der Waals surface area contributed by atoms with E-state index in [0.29, 0.717) is 23.9 Å². The highest BCUT2D eigenvalue weighted by Crippen LogP contribution is 2.38. The first-order valence-corrected chi connectivity index (χ1v) is 32.1. The molecule has 0 fully saturated rings. The maximum absolute atomic E-state index is 13.0. The molecule has 0 saturated heterocycles. The molecule has 0 aliphatic carbocycles. The third-order valence-corrected chi connectivity index (χ3v) is 15.2. The summed E-state index contributed by atoms with van der Waals surface area (Å²) in [4.78, 5) is 25.6. The molecule has 416 valence electrons. The third-order valence-electron chi connectivity index (χ3n) is 14.2. The molecule has 2 N–H and O–H groups in total. The van der Waals surface area contributed by atoms with E-state index in [1.807, 2.05) is 21.1 Å². The standard InChI is InChI=1S/C61H121N2O6P/c1-6-8-10-12-14-16-18-20-22-24-26-28-30-31-33-34-36-38-40-42-44-46-48-50-52-54-60(64)59(58-69-70(66,67)68-57-56-63(3,4)5)62-61(65)55-53-51-49-47-45-43-41-39-37-35-32-29-27-25-23-21-19-17-15-13-11-9-7-2/h19,21,25,27,59-60,64H,6-18,20,22-24,26,28-58H2,1-5H3,(H-,62,65,66,67)/b21-19-,27-25-. The second-order valence-corrected chi connectivity index (χ2v) is 23.8. The van der Waals surface area contributed by atoms with Crippen LogP contribution in [0.25, 0.3) is 0 Å². The van der Waals surface area contributed by atoms with Gasteiger partial charge < -0.3 is 28.8 Å². The molecule has 1 amide bonds. The SMILES string of the molecule is CCCCCCC/C=C\C/C=C\CCCCCCCCCCCCCC(=O)NC(COP(=O)([O-])OCC[N+](C)(C)C)C(O)CCCCCCCCCCCCCCCCCCCCCCCCCCC. The number of nitrogens with zero attached hydrogens (tertiary/aromatic N) is 1. The van der Waals surface area contributed by atoms with Crippen molar-refractivity contribution >= 4 is 13.7 Å². The van der Waals surface area contributed by atoms with Gasteiger partial charge in [0.15, 0.2) is 0 Å². The number of aliphatic hydroxyl groups is 1. The summed E-state index contributed by atoms with van der Waals surface area (Å²) in [7, 11) is 1.32. The number of phosphoric acid groups is 1. The monoisotopic (exact) mass is 1010 g/mol. The summed E-state index contributed by atoms with van der Waals surface area (Å²) >= 11 is 0. The fourth-order valence-electron chi connectivity index (χ4n) is 9.37. The van der Waals surface area contributed by atoms with Crippen molar-refractivity contribution in [2.75, 3.05) is 40.9 Å². The molecular weight excluding hydrogens is 888 g/mol. The number of rotatable bonds is 57. The van der Waals surface area contributed by atoms with Crippen molar-refractivity contribution in [3.05, 3.63) is 24.3 Å². The van der Waals surface area contributed by atoms with Crippen LogP contribution in [-0.4, -0.2) is 68.5 Å². The summed E-state index contributed by atoms with van der Waals surface area (Å²) in [5.74, 6) is -0.162. The second kappa shape index (κ2) is 52.8. The van der Waals surface area contributed by atoms with E-state index in [9.17, 15) is 19.4 Å². The Balaban J connectivity index is 4.12. The molecule has 0 aliphatic heterocycles. The van der Waals surface area contributed by atoms with Crippen LogP contribution in [0.2, 0.25) is 0 Å². The summed E-state index contributed by atoms with van der Waals surface area (Å²) in [6.07, 6.45) is 66.4. The highest BCUT2D eigenvalue weighted by Gasteiger charge is 2.24. The van der Waals surface area contributed by atoms with E-state index in [1.54, 1.807) is 0 Å². The van der Waals surface area contributed by atoms with Crippen molar-refractivity contribution in [3.8, 4) is 0 Å². The molecule has 0 bridgehead atoms. The molecule has 8 nitrogen and oxygen atoms in total. The first-order chi connectivity index (χ1) is 34.0. The summed E-state index contributed by atoms with van der Waals surface area (Å²) in [6.45, 7) is 4.76. The van der Waals surface area contributed by atoms with Gasteiger partial charge in [0.1, 0.15) is 13.2 Å². The number of nitrogens with one attached hydrogen (secondary N) is 1. The van der Waals surface area contributed by atoms with Gasteiger partial charge in [-0.25, -0.2) is 0 Å². The molecule has 0 aromatic heterocycles. The molecule has 0 aliphatic rings. The molecular formula is C61H121N2O6P. The Morgan fingerprint density at radius 2 is 0.829 bits per heavy atom. The van der Waals surface area contributed by atoms with Gasteiger partial charge in [-0.1, -0.05) is 282 Å². The number of phosphoric ester groups is 1. The Morgan fingerprint density at radius 1 is 0.500 bits per heavy atom. The van der Waals surface area contributed by atoms with E-state index in [4.69, 9.17) is 9.05 Å². The average molecular weight is 1010 g/mol. The second-order valence-electron chi connectivity index (χ2n) is 22.4. The smallest absolute Gasteiger partial charge is 0.268 e. The van der Waals surface area contributed by atoms with Crippen LogP contribution in [0.15, 0.2) is 24.3 Å². The Labute approximate surface area is 436 Å². The van der Waals surface area contributed by atoms with E-state index in [-0.39, 0.29) is 19.1 Å². The van der Waals surface area contributed by atoms with Gasteiger partial charge in [0, 0.05) is 6.42 Å². The number of amides is 1. The lowest BCUT2D eigenvalue weighted by molar-refractivity contribution is -0.870. The Hall–Kier alpha value is -1.02. The first-order valence-electron chi connectivity index (χ1n) is 30.7. The molecule has 0 spiro atoms. The summed E-state index contributed by atoms with van der Waals surface area (Å²) in [5.41, 5.74) is 0. The van der Waals surface area contributed by atoms with Crippen molar-refractivity contribution in [1.82, 2.24) is 5.32 Å². The zero-order valence-corrected chi connectivity index (χ0v) is 48.4. The van der Waals surface area contributed by atoms with Crippen molar-refractivity contribution in [2.24, 2.45) is 0 Å². The molecule has 0 heterocycles. The largest absolute Gasteiger partial charge is 0.756 e. The quantitative estimate of drug-likeness (QED) is 0.0272. The van der Waals surface area contributed by atoms with Crippen LogP contribution < -0.4 is 10.2 Å². The first kappa shape index (κ1) is 69.0. The zero-order chi connectivity index (χ0) is 51.3. The molecule has 0 saturated carbocycles. The van der Waals surface area contributed by atoms with Gasteiger partial charge in [0.25, 0.3) is 7.82 Å². The number of carbonyl (C=O) groups excluding carboxylic acids is 1. The maximum Gasteiger partial charge on any atom is 0.268 e. The van der Waals surface area contributed by atoms with Crippen LogP contribution in [0, 0.1) is 0 Å². The normalized spacial score (nSPS) is 14.0. The Morgan fingerprint density at radius 3 is 1.19 bits per heavy atom. The average Bonchev–Trinajstić information content (AvgIpc) is 3.32. The fourth-order valence-corrected chi connectivity index (χ4v) is 10.1. The van der Waals surface area contributed by atoms with Gasteiger partial charge in [-0.15, -0.1) is 0 Å². The van der Waals surface area contributed by atoms with E-state index < -0.39 is 20.0 Å². The minimum absolute atomic E-state index is 0.0133. The third kappa shape index (κ3) is 54.7. The van der Waals surface area contributed by atoms with Crippen molar-refractivity contribution < 1.29 is 32.9 Å². The van der Waals surface area contributed by atoms with Crippen molar-refractivity contribution in [3.63, 3.8) is 0 Å². The lowest BCUT2D eigenvalue weighted by Crippen LogP contribution is -2.46. The van der Waals surface area contributed by atoms with Gasteiger partial charge in [-0.3, -0.25) is 9.36 Å². The number of allylic oxidation sites excluding steroid dienone is 4. The predicted molar refractivity (Wildman–Crippen MR) is 302 cm³/mol. The van der Waals surface area contributed by atoms with Crippen LogP contribution in [0.4, 0.5) is 0 Å². The van der Waals surface area contributed by atoms with E-state index >= 15 is 0 Å². The van der Waals surface area contributed by atoms with Crippen LogP contribution in [-0.2, 0) is 18.4 Å².